The Morgan fingerprint density at radius 1 is 1.28 bits per heavy atom. The van der Waals surface area contributed by atoms with Crippen LogP contribution < -0.4 is 0 Å². The van der Waals surface area contributed by atoms with Crippen LogP contribution >= 0.6 is 0 Å². The van der Waals surface area contributed by atoms with E-state index in [2.05, 4.69) is 11.9 Å². The van der Waals surface area contributed by atoms with Gasteiger partial charge >= 0.3 is 0 Å². The average molecular weight is 244 g/mol. The van der Waals surface area contributed by atoms with E-state index < -0.39 is 0 Å². The van der Waals surface area contributed by atoms with Gasteiger partial charge in [-0.2, -0.15) is 0 Å². The standard InChI is InChI=1S/C14H16N2O2/c1-2-3-4-7-11-10-14(16(17)18)12-8-5-6-9-13(12)15-11/h5-6,8-10H,2-4,7H2,1H3. The molecule has 0 radical (unpaired) electrons. The van der Waals surface area contributed by atoms with Gasteiger partial charge in [0.15, 0.2) is 0 Å². The highest BCUT2D eigenvalue weighted by Crippen LogP contribution is 2.25. The van der Waals surface area contributed by atoms with Gasteiger partial charge in [0.2, 0.25) is 0 Å². The minimum atomic E-state index is -0.326. The number of fused-ring (bicyclic) bond motifs is 1. The Labute approximate surface area is 106 Å². The van der Waals surface area contributed by atoms with Crippen LogP contribution in [0, 0.1) is 10.1 Å². The molecule has 0 bridgehead atoms. The third-order valence-corrected chi connectivity index (χ3v) is 2.98. The summed E-state index contributed by atoms with van der Waals surface area (Å²) in [6.45, 7) is 2.14. The lowest BCUT2D eigenvalue weighted by atomic mass is 10.1. The summed E-state index contributed by atoms with van der Waals surface area (Å²) in [7, 11) is 0. The Bertz CT molecular complexity index is 567. The van der Waals surface area contributed by atoms with Crippen molar-refractivity contribution in [1.82, 2.24) is 4.98 Å². The molecule has 94 valence electrons. The summed E-state index contributed by atoms with van der Waals surface area (Å²) < 4.78 is 0. The second-order valence-electron chi connectivity index (χ2n) is 4.36. The molecule has 0 atom stereocenters. The van der Waals surface area contributed by atoms with E-state index in [0.717, 1.165) is 31.4 Å². The van der Waals surface area contributed by atoms with Gasteiger partial charge in [0.25, 0.3) is 5.69 Å². The van der Waals surface area contributed by atoms with E-state index in [4.69, 9.17) is 0 Å². The number of pyridine rings is 1. The van der Waals surface area contributed by atoms with Crippen molar-refractivity contribution in [2.45, 2.75) is 32.6 Å². The van der Waals surface area contributed by atoms with E-state index in [0.29, 0.717) is 10.9 Å². The maximum atomic E-state index is 11.1. The minimum Gasteiger partial charge on any atom is -0.258 e. The predicted octanol–water partition coefficient (Wildman–Crippen LogP) is 3.88. The van der Waals surface area contributed by atoms with Crippen LogP contribution in [0.5, 0.6) is 0 Å². The SMILES string of the molecule is CCCCCc1cc([N+](=O)[O-])c2ccccc2n1. The second-order valence-corrected chi connectivity index (χ2v) is 4.36. The molecular weight excluding hydrogens is 228 g/mol. The zero-order chi connectivity index (χ0) is 13.0. The van der Waals surface area contributed by atoms with Gasteiger partial charge in [-0.15, -0.1) is 0 Å². The van der Waals surface area contributed by atoms with Crippen LogP contribution in [0.25, 0.3) is 10.9 Å². The highest BCUT2D eigenvalue weighted by Gasteiger charge is 2.14. The van der Waals surface area contributed by atoms with Crippen LogP contribution in [0.4, 0.5) is 5.69 Å². The van der Waals surface area contributed by atoms with Crippen molar-refractivity contribution in [3.8, 4) is 0 Å². The molecule has 0 saturated heterocycles. The third kappa shape index (κ3) is 2.64. The number of nitro groups is 1. The Balaban J connectivity index is 2.41. The van der Waals surface area contributed by atoms with Crippen molar-refractivity contribution in [1.29, 1.82) is 0 Å². The molecule has 1 heterocycles. The number of hydrogen-bond acceptors (Lipinski definition) is 3. The molecular formula is C14H16N2O2. The van der Waals surface area contributed by atoms with Crippen molar-refractivity contribution < 1.29 is 4.92 Å². The number of hydrogen-bond donors (Lipinski definition) is 0. The quantitative estimate of drug-likeness (QED) is 0.455. The summed E-state index contributed by atoms with van der Waals surface area (Å²) in [5.74, 6) is 0. The molecule has 4 heteroatoms. The molecule has 0 fully saturated rings. The number of para-hydroxylation sites is 1. The number of unbranched alkanes of at least 4 members (excludes halogenated alkanes) is 2. The van der Waals surface area contributed by atoms with Crippen LogP contribution in [0.15, 0.2) is 30.3 Å². The van der Waals surface area contributed by atoms with Crippen LogP contribution in [-0.2, 0) is 6.42 Å². The summed E-state index contributed by atoms with van der Waals surface area (Å²) >= 11 is 0. The number of benzene rings is 1. The van der Waals surface area contributed by atoms with Gasteiger partial charge < -0.3 is 0 Å². The lowest BCUT2D eigenvalue weighted by molar-refractivity contribution is -0.383. The smallest absolute Gasteiger partial charge is 0.258 e. The number of aryl methyl sites for hydroxylation is 1. The Hall–Kier alpha value is -1.97. The lowest BCUT2D eigenvalue weighted by Crippen LogP contribution is -1.96. The van der Waals surface area contributed by atoms with Crippen molar-refractivity contribution in [2.75, 3.05) is 0 Å². The molecule has 0 N–H and O–H groups in total. The first-order valence-electron chi connectivity index (χ1n) is 6.25. The van der Waals surface area contributed by atoms with E-state index in [1.807, 2.05) is 12.1 Å². The predicted molar refractivity (Wildman–Crippen MR) is 71.6 cm³/mol. The molecule has 0 amide bonds. The molecule has 0 aliphatic heterocycles. The molecule has 2 aromatic rings. The van der Waals surface area contributed by atoms with Gasteiger partial charge in [0.1, 0.15) is 0 Å². The molecule has 1 aromatic carbocycles. The molecule has 0 saturated carbocycles. The third-order valence-electron chi connectivity index (χ3n) is 2.98. The average Bonchev–Trinajstić information content (AvgIpc) is 2.38. The Kier molecular flexibility index (Phi) is 3.87. The first-order chi connectivity index (χ1) is 8.72. The fourth-order valence-corrected chi connectivity index (χ4v) is 2.05. The zero-order valence-corrected chi connectivity index (χ0v) is 10.4. The normalized spacial score (nSPS) is 10.7. The van der Waals surface area contributed by atoms with Gasteiger partial charge in [0.05, 0.1) is 15.8 Å². The highest BCUT2D eigenvalue weighted by atomic mass is 16.6. The molecule has 0 aliphatic rings. The van der Waals surface area contributed by atoms with Crippen LogP contribution in [0.1, 0.15) is 31.9 Å². The van der Waals surface area contributed by atoms with Gasteiger partial charge in [-0.25, -0.2) is 0 Å². The lowest BCUT2D eigenvalue weighted by Gasteiger charge is -2.04. The van der Waals surface area contributed by atoms with Crippen LogP contribution in [0.2, 0.25) is 0 Å². The van der Waals surface area contributed by atoms with Crippen LogP contribution in [0.3, 0.4) is 0 Å². The topological polar surface area (TPSA) is 56.0 Å². The first-order valence-corrected chi connectivity index (χ1v) is 6.25. The summed E-state index contributed by atoms with van der Waals surface area (Å²) in [5.41, 5.74) is 1.68. The van der Waals surface area contributed by atoms with Gasteiger partial charge in [-0.05, 0) is 25.0 Å². The van der Waals surface area contributed by atoms with E-state index in [1.54, 1.807) is 18.2 Å². The minimum absolute atomic E-state index is 0.159. The molecule has 2 rings (SSSR count). The highest BCUT2D eigenvalue weighted by molar-refractivity contribution is 5.87. The summed E-state index contributed by atoms with van der Waals surface area (Å²) in [6, 6.07) is 8.84. The van der Waals surface area contributed by atoms with Crippen molar-refractivity contribution >= 4 is 16.6 Å². The maximum absolute atomic E-state index is 11.1. The molecule has 0 aliphatic carbocycles. The van der Waals surface area contributed by atoms with Crippen molar-refractivity contribution in [3.63, 3.8) is 0 Å². The number of nitrogens with zero attached hydrogens (tertiary/aromatic N) is 2. The Morgan fingerprint density at radius 3 is 2.78 bits per heavy atom. The largest absolute Gasteiger partial charge is 0.280 e. The van der Waals surface area contributed by atoms with E-state index in [9.17, 15) is 10.1 Å². The van der Waals surface area contributed by atoms with E-state index in [1.165, 1.54) is 0 Å². The number of aromatic nitrogens is 1. The fraction of sp³-hybridized carbons (Fsp3) is 0.357. The maximum Gasteiger partial charge on any atom is 0.280 e. The molecule has 4 nitrogen and oxygen atoms in total. The Morgan fingerprint density at radius 2 is 2.06 bits per heavy atom. The second kappa shape index (κ2) is 5.58. The van der Waals surface area contributed by atoms with Crippen molar-refractivity contribution in [2.24, 2.45) is 0 Å². The van der Waals surface area contributed by atoms with E-state index >= 15 is 0 Å². The van der Waals surface area contributed by atoms with Gasteiger partial charge in [0, 0.05) is 11.8 Å². The van der Waals surface area contributed by atoms with E-state index in [-0.39, 0.29) is 10.6 Å². The number of rotatable bonds is 5. The molecule has 1 aromatic heterocycles. The first kappa shape index (κ1) is 12.5. The van der Waals surface area contributed by atoms with Gasteiger partial charge in [-0.3, -0.25) is 15.1 Å². The molecule has 18 heavy (non-hydrogen) atoms. The van der Waals surface area contributed by atoms with Crippen LogP contribution in [-0.4, -0.2) is 9.91 Å². The van der Waals surface area contributed by atoms with Gasteiger partial charge in [-0.1, -0.05) is 31.9 Å². The zero-order valence-electron chi connectivity index (χ0n) is 10.4. The molecule has 0 spiro atoms. The van der Waals surface area contributed by atoms with Crippen molar-refractivity contribution in [3.05, 3.63) is 46.1 Å². The fourth-order valence-electron chi connectivity index (χ4n) is 2.05. The summed E-state index contributed by atoms with van der Waals surface area (Å²) in [6.07, 6.45) is 4.09. The summed E-state index contributed by atoms with van der Waals surface area (Å²) in [4.78, 5) is 15.2. The monoisotopic (exact) mass is 244 g/mol. The molecule has 0 unspecified atom stereocenters. The summed E-state index contributed by atoms with van der Waals surface area (Å²) in [5, 5.41) is 11.7.